The molecule has 1 atom stereocenters. The predicted molar refractivity (Wildman–Crippen MR) is 63.6 cm³/mol. The van der Waals surface area contributed by atoms with Gasteiger partial charge < -0.3 is 4.90 Å². The summed E-state index contributed by atoms with van der Waals surface area (Å²) in [5.74, 6) is 0.0247. The smallest absolute Gasteiger partial charge is 0.125 e. The highest BCUT2D eigenvalue weighted by Crippen LogP contribution is 2.18. The first kappa shape index (κ1) is 12.5. The van der Waals surface area contributed by atoms with Crippen LogP contribution in [0.4, 0.5) is 10.1 Å². The van der Waals surface area contributed by atoms with Gasteiger partial charge in [-0.05, 0) is 24.1 Å². The van der Waals surface area contributed by atoms with Gasteiger partial charge in [0.05, 0.1) is 12.0 Å². The lowest BCUT2D eigenvalue weighted by Gasteiger charge is -2.23. The molecule has 0 N–H and O–H groups in total. The van der Waals surface area contributed by atoms with E-state index in [1.54, 1.807) is 6.07 Å². The van der Waals surface area contributed by atoms with Crippen molar-refractivity contribution in [2.45, 2.75) is 13.8 Å². The fraction of sp³-hybridized carbons (Fsp3) is 0.462. The van der Waals surface area contributed by atoms with Crippen LogP contribution in [-0.4, -0.2) is 13.6 Å². The molecular formula is C13H17FN2. The Kier molecular flexibility index (Phi) is 4.30. The molecule has 0 amide bonds. The molecule has 3 heteroatoms. The highest BCUT2D eigenvalue weighted by Gasteiger charge is 2.15. The van der Waals surface area contributed by atoms with E-state index in [0.29, 0.717) is 12.5 Å². The summed E-state index contributed by atoms with van der Waals surface area (Å²) < 4.78 is 13.0. The molecule has 1 unspecified atom stereocenters. The van der Waals surface area contributed by atoms with Gasteiger partial charge in [-0.1, -0.05) is 19.9 Å². The Balaban J connectivity index is 2.72. The largest absolute Gasteiger partial charge is 0.373 e. The highest BCUT2D eigenvalue weighted by atomic mass is 19.1. The molecule has 0 fully saturated rings. The second kappa shape index (κ2) is 5.50. The average Bonchev–Trinajstić information content (AvgIpc) is 2.25. The van der Waals surface area contributed by atoms with Crippen molar-refractivity contribution >= 4 is 5.69 Å². The van der Waals surface area contributed by atoms with Crippen molar-refractivity contribution in [3.05, 3.63) is 30.1 Å². The number of nitriles is 1. The van der Waals surface area contributed by atoms with Gasteiger partial charge in [0.2, 0.25) is 0 Å². The second-order valence-electron chi connectivity index (χ2n) is 4.34. The fourth-order valence-corrected chi connectivity index (χ4v) is 1.51. The maximum Gasteiger partial charge on any atom is 0.125 e. The molecule has 0 bridgehead atoms. The van der Waals surface area contributed by atoms with Crippen LogP contribution in [0.15, 0.2) is 24.3 Å². The SMILES string of the molecule is CC(C)C(C#N)CN(C)c1cccc(F)c1. The minimum Gasteiger partial charge on any atom is -0.373 e. The second-order valence-corrected chi connectivity index (χ2v) is 4.34. The summed E-state index contributed by atoms with van der Waals surface area (Å²) >= 11 is 0. The van der Waals surface area contributed by atoms with Crippen LogP contribution < -0.4 is 4.90 Å². The van der Waals surface area contributed by atoms with Gasteiger partial charge in [0, 0.05) is 19.3 Å². The van der Waals surface area contributed by atoms with Crippen LogP contribution in [-0.2, 0) is 0 Å². The molecule has 0 spiro atoms. The Morgan fingerprint density at radius 2 is 2.12 bits per heavy atom. The van der Waals surface area contributed by atoms with E-state index in [0.717, 1.165) is 5.69 Å². The van der Waals surface area contributed by atoms with E-state index in [4.69, 9.17) is 5.26 Å². The van der Waals surface area contributed by atoms with Crippen molar-refractivity contribution in [1.29, 1.82) is 5.26 Å². The van der Waals surface area contributed by atoms with Crippen LogP contribution in [0.25, 0.3) is 0 Å². The first-order valence-corrected chi connectivity index (χ1v) is 5.41. The van der Waals surface area contributed by atoms with E-state index in [1.807, 2.05) is 31.9 Å². The van der Waals surface area contributed by atoms with E-state index < -0.39 is 0 Å². The van der Waals surface area contributed by atoms with Gasteiger partial charge in [-0.15, -0.1) is 0 Å². The summed E-state index contributed by atoms with van der Waals surface area (Å²) in [6, 6.07) is 8.70. The Hall–Kier alpha value is -1.56. The lowest BCUT2D eigenvalue weighted by Crippen LogP contribution is -2.27. The lowest BCUT2D eigenvalue weighted by molar-refractivity contribution is 0.477. The van der Waals surface area contributed by atoms with Crippen molar-refractivity contribution in [3.8, 4) is 6.07 Å². The maximum atomic E-state index is 13.0. The van der Waals surface area contributed by atoms with Crippen molar-refractivity contribution in [2.24, 2.45) is 11.8 Å². The van der Waals surface area contributed by atoms with E-state index in [2.05, 4.69) is 6.07 Å². The summed E-state index contributed by atoms with van der Waals surface area (Å²) in [5, 5.41) is 9.00. The van der Waals surface area contributed by atoms with Crippen LogP contribution in [0.3, 0.4) is 0 Å². The summed E-state index contributed by atoms with van der Waals surface area (Å²) in [6.07, 6.45) is 0. The third kappa shape index (κ3) is 3.23. The molecule has 0 radical (unpaired) electrons. The predicted octanol–water partition coefficient (Wildman–Crippen LogP) is 3.06. The number of nitrogens with zero attached hydrogens (tertiary/aromatic N) is 2. The molecule has 0 aromatic heterocycles. The Morgan fingerprint density at radius 1 is 1.44 bits per heavy atom. The normalized spacial score (nSPS) is 12.2. The number of rotatable bonds is 4. The topological polar surface area (TPSA) is 27.0 Å². The molecule has 16 heavy (non-hydrogen) atoms. The first-order chi connectivity index (χ1) is 7.54. The van der Waals surface area contributed by atoms with E-state index in [9.17, 15) is 4.39 Å². The minimum absolute atomic E-state index is 0.0340. The number of anilines is 1. The van der Waals surface area contributed by atoms with Gasteiger partial charge in [0.15, 0.2) is 0 Å². The molecule has 1 rings (SSSR count). The molecule has 86 valence electrons. The molecule has 0 saturated carbocycles. The van der Waals surface area contributed by atoms with Crippen LogP contribution in [0.2, 0.25) is 0 Å². The van der Waals surface area contributed by atoms with Gasteiger partial charge in [-0.2, -0.15) is 5.26 Å². The average molecular weight is 220 g/mol. The molecule has 0 aliphatic heterocycles. The number of halogens is 1. The first-order valence-electron chi connectivity index (χ1n) is 5.41. The molecule has 0 saturated heterocycles. The monoisotopic (exact) mass is 220 g/mol. The zero-order valence-corrected chi connectivity index (χ0v) is 9.94. The van der Waals surface area contributed by atoms with Crippen LogP contribution >= 0.6 is 0 Å². The van der Waals surface area contributed by atoms with Crippen molar-refractivity contribution in [3.63, 3.8) is 0 Å². The Labute approximate surface area is 96.3 Å². The zero-order valence-electron chi connectivity index (χ0n) is 9.94. The number of hydrogen-bond acceptors (Lipinski definition) is 2. The van der Waals surface area contributed by atoms with Gasteiger partial charge in [0.25, 0.3) is 0 Å². The van der Waals surface area contributed by atoms with Crippen LogP contribution in [0, 0.1) is 29.0 Å². The molecule has 1 aromatic rings. The molecular weight excluding hydrogens is 203 g/mol. The summed E-state index contributed by atoms with van der Waals surface area (Å²) in [6.45, 7) is 4.66. The van der Waals surface area contributed by atoms with Crippen LogP contribution in [0.1, 0.15) is 13.8 Å². The van der Waals surface area contributed by atoms with Crippen molar-refractivity contribution in [2.75, 3.05) is 18.5 Å². The standard InChI is InChI=1S/C13H17FN2/c1-10(2)11(8-15)9-16(3)13-6-4-5-12(14)7-13/h4-7,10-11H,9H2,1-3H3. The van der Waals surface area contributed by atoms with E-state index in [1.165, 1.54) is 12.1 Å². The molecule has 0 aliphatic carbocycles. The van der Waals surface area contributed by atoms with E-state index >= 15 is 0 Å². The van der Waals surface area contributed by atoms with Gasteiger partial charge >= 0.3 is 0 Å². The Bertz CT molecular complexity index is 382. The zero-order chi connectivity index (χ0) is 12.1. The third-order valence-electron chi connectivity index (χ3n) is 2.69. The van der Waals surface area contributed by atoms with Gasteiger partial charge in [-0.25, -0.2) is 4.39 Å². The van der Waals surface area contributed by atoms with Crippen molar-refractivity contribution < 1.29 is 4.39 Å². The summed E-state index contributed by atoms with van der Waals surface area (Å²) in [7, 11) is 1.88. The molecule has 0 aliphatic rings. The van der Waals surface area contributed by atoms with Gasteiger partial charge in [-0.3, -0.25) is 0 Å². The van der Waals surface area contributed by atoms with Gasteiger partial charge in [0.1, 0.15) is 5.82 Å². The fourth-order valence-electron chi connectivity index (χ4n) is 1.51. The molecule has 1 aromatic carbocycles. The summed E-state index contributed by atoms with van der Waals surface area (Å²) in [4.78, 5) is 1.91. The minimum atomic E-state index is -0.248. The third-order valence-corrected chi connectivity index (χ3v) is 2.69. The molecule has 0 heterocycles. The van der Waals surface area contributed by atoms with Crippen molar-refractivity contribution in [1.82, 2.24) is 0 Å². The number of benzene rings is 1. The highest BCUT2D eigenvalue weighted by molar-refractivity contribution is 5.45. The number of hydrogen-bond donors (Lipinski definition) is 0. The molecule has 2 nitrogen and oxygen atoms in total. The Morgan fingerprint density at radius 3 is 2.62 bits per heavy atom. The maximum absolute atomic E-state index is 13.0. The quantitative estimate of drug-likeness (QED) is 0.779. The lowest BCUT2D eigenvalue weighted by atomic mass is 9.97. The summed E-state index contributed by atoms with van der Waals surface area (Å²) in [5.41, 5.74) is 0.806. The van der Waals surface area contributed by atoms with Crippen LogP contribution in [0.5, 0.6) is 0 Å². The van der Waals surface area contributed by atoms with E-state index in [-0.39, 0.29) is 11.7 Å².